The lowest BCUT2D eigenvalue weighted by Crippen LogP contribution is -2.56. The third-order valence-electron chi connectivity index (χ3n) is 6.12. The molecule has 162 valence electrons. The van der Waals surface area contributed by atoms with Crippen LogP contribution in [0, 0.1) is 11.3 Å². The summed E-state index contributed by atoms with van der Waals surface area (Å²) in [4.78, 5) is 16.9. The van der Waals surface area contributed by atoms with Gasteiger partial charge in [-0.15, -0.1) is 0 Å². The van der Waals surface area contributed by atoms with E-state index in [0.717, 1.165) is 25.2 Å². The molecule has 0 saturated carbocycles. The van der Waals surface area contributed by atoms with Crippen molar-refractivity contribution in [1.82, 2.24) is 15.1 Å². The smallest absolute Gasteiger partial charge is 0.352 e. The quantitative estimate of drug-likeness (QED) is 0.776. The van der Waals surface area contributed by atoms with Gasteiger partial charge in [0.1, 0.15) is 0 Å². The van der Waals surface area contributed by atoms with Gasteiger partial charge in [-0.1, -0.05) is 44.2 Å². The number of alkyl halides is 3. The molecule has 1 aromatic rings. The van der Waals surface area contributed by atoms with Gasteiger partial charge in [-0.2, -0.15) is 13.2 Å². The van der Waals surface area contributed by atoms with E-state index in [4.69, 9.17) is 0 Å². The van der Waals surface area contributed by atoms with Crippen molar-refractivity contribution in [2.45, 2.75) is 51.9 Å². The lowest BCUT2D eigenvalue weighted by molar-refractivity contribution is -0.218. The average Bonchev–Trinajstić information content (AvgIpc) is 3.09. The van der Waals surface area contributed by atoms with Gasteiger partial charge < -0.3 is 10.2 Å². The van der Waals surface area contributed by atoms with E-state index in [0.29, 0.717) is 25.3 Å². The van der Waals surface area contributed by atoms with Crippen LogP contribution in [0.2, 0.25) is 0 Å². The second-order valence-corrected chi connectivity index (χ2v) is 8.97. The maximum absolute atomic E-state index is 14.0. The van der Waals surface area contributed by atoms with Gasteiger partial charge in [0.25, 0.3) is 0 Å². The van der Waals surface area contributed by atoms with Crippen molar-refractivity contribution in [3.8, 4) is 0 Å². The lowest BCUT2D eigenvalue weighted by Gasteiger charge is -2.36. The van der Waals surface area contributed by atoms with Crippen molar-refractivity contribution in [3.05, 3.63) is 35.9 Å². The van der Waals surface area contributed by atoms with Gasteiger partial charge in [-0.3, -0.25) is 9.69 Å². The monoisotopic (exact) mass is 411 g/mol. The van der Waals surface area contributed by atoms with Gasteiger partial charge >= 0.3 is 6.18 Å². The van der Waals surface area contributed by atoms with Crippen molar-refractivity contribution in [2.75, 3.05) is 32.7 Å². The van der Waals surface area contributed by atoms with Crippen molar-refractivity contribution >= 4 is 5.91 Å². The minimum Gasteiger partial charge on any atom is -0.352 e. The number of nitrogens with zero attached hydrogens (tertiary/aromatic N) is 2. The highest BCUT2D eigenvalue weighted by atomic mass is 19.4. The highest BCUT2D eigenvalue weighted by molar-refractivity contribution is 5.84. The zero-order valence-electron chi connectivity index (χ0n) is 17.3. The van der Waals surface area contributed by atoms with E-state index in [9.17, 15) is 18.0 Å². The zero-order valence-corrected chi connectivity index (χ0v) is 17.3. The topological polar surface area (TPSA) is 35.6 Å². The minimum atomic E-state index is -4.55. The Morgan fingerprint density at radius 1 is 1.14 bits per heavy atom. The number of carbonyl (C=O) groups excluding carboxylic acids is 1. The molecule has 1 N–H and O–H groups in total. The third-order valence-corrected chi connectivity index (χ3v) is 6.12. The summed E-state index contributed by atoms with van der Waals surface area (Å²) in [5.74, 6) is -0.286. The molecule has 1 atom stereocenters. The minimum absolute atomic E-state index is 0.173. The second-order valence-electron chi connectivity index (χ2n) is 8.97. The Morgan fingerprint density at radius 3 is 2.38 bits per heavy atom. The standard InChI is InChI=1S/C22H32F3N3O/c1-17(2)14-27-11-8-19(9-12-27)26-20(29)21(22(23,24)25)10-13-28(16-21)15-18-6-4-3-5-7-18/h3-7,17,19H,8-16H2,1-2H3,(H,26,29). The molecular weight excluding hydrogens is 379 g/mol. The highest BCUT2D eigenvalue weighted by Crippen LogP contribution is 2.46. The first kappa shape index (κ1) is 22.1. The summed E-state index contributed by atoms with van der Waals surface area (Å²) in [6, 6.07) is 9.26. The van der Waals surface area contributed by atoms with Crippen LogP contribution in [0.25, 0.3) is 0 Å². The summed E-state index contributed by atoms with van der Waals surface area (Å²) in [5.41, 5.74) is -1.35. The number of amides is 1. The first-order chi connectivity index (χ1) is 13.7. The van der Waals surface area contributed by atoms with Crippen LogP contribution in [-0.2, 0) is 11.3 Å². The van der Waals surface area contributed by atoms with E-state index in [1.165, 1.54) is 0 Å². The number of hydrogen-bond acceptors (Lipinski definition) is 3. The van der Waals surface area contributed by atoms with Crippen molar-refractivity contribution in [3.63, 3.8) is 0 Å². The average molecular weight is 412 g/mol. The lowest BCUT2D eigenvalue weighted by atomic mass is 9.84. The van der Waals surface area contributed by atoms with E-state index in [1.54, 1.807) is 4.90 Å². The number of halogens is 3. The van der Waals surface area contributed by atoms with E-state index in [-0.39, 0.29) is 25.6 Å². The van der Waals surface area contributed by atoms with Gasteiger partial charge in [0.05, 0.1) is 0 Å². The number of benzene rings is 1. The Morgan fingerprint density at radius 2 is 1.79 bits per heavy atom. The highest BCUT2D eigenvalue weighted by Gasteiger charge is 2.63. The number of nitrogens with one attached hydrogen (secondary N) is 1. The van der Waals surface area contributed by atoms with Crippen LogP contribution in [0.3, 0.4) is 0 Å². The molecule has 29 heavy (non-hydrogen) atoms. The van der Waals surface area contributed by atoms with Gasteiger partial charge in [0, 0.05) is 38.8 Å². The summed E-state index contributed by atoms with van der Waals surface area (Å²) in [5, 5.41) is 2.75. The summed E-state index contributed by atoms with van der Waals surface area (Å²) in [7, 11) is 0. The molecule has 2 heterocycles. The van der Waals surface area contributed by atoms with Gasteiger partial charge in [0.2, 0.25) is 5.91 Å². The predicted octanol–water partition coefficient (Wildman–Crippen LogP) is 3.68. The van der Waals surface area contributed by atoms with Gasteiger partial charge in [0.15, 0.2) is 5.41 Å². The Labute approximate surface area is 171 Å². The van der Waals surface area contributed by atoms with Crippen LogP contribution >= 0.6 is 0 Å². The van der Waals surface area contributed by atoms with Crippen LogP contribution in [0.4, 0.5) is 13.2 Å². The normalized spacial score (nSPS) is 24.9. The maximum Gasteiger partial charge on any atom is 0.404 e. The Bertz CT molecular complexity index is 672. The number of rotatable bonds is 6. The van der Waals surface area contributed by atoms with Crippen molar-refractivity contribution in [1.29, 1.82) is 0 Å². The van der Waals surface area contributed by atoms with E-state index in [1.807, 2.05) is 30.3 Å². The molecule has 0 spiro atoms. The first-order valence-electron chi connectivity index (χ1n) is 10.6. The molecule has 2 aliphatic heterocycles. The SMILES string of the molecule is CC(C)CN1CCC(NC(=O)C2(C(F)(F)F)CCN(Cc3ccccc3)C2)CC1. The fourth-order valence-corrected chi connectivity index (χ4v) is 4.51. The largest absolute Gasteiger partial charge is 0.404 e. The molecule has 3 rings (SSSR count). The third kappa shape index (κ3) is 5.31. The van der Waals surface area contributed by atoms with Crippen LogP contribution < -0.4 is 5.32 Å². The second kappa shape index (κ2) is 9.04. The Kier molecular flexibility index (Phi) is 6.89. The molecule has 0 bridgehead atoms. The Balaban J connectivity index is 1.61. The van der Waals surface area contributed by atoms with Crippen LogP contribution in [0.5, 0.6) is 0 Å². The molecule has 4 nitrogen and oxygen atoms in total. The van der Waals surface area contributed by atoms with E-state index < -0.39 is 17.5 Å². The first-order valence-corrected chi connectivity index (χ1v) is 10.6. The number of hydrogen-bond donors (Lipinski definition) is 1. The molecule has 0 aromatic heterocycles. The van der Waals surface area contributed by atoms with E-state index >= 15 is 0 Å². The fraction of sp³-hybridized carbons (Fsp3) is 0.682. The molecule has 1 aromatic carbocycles. The fourth-order valence-electron chi connectivity index (χ4n) is 4.51. The van der Waals surface area contributed by atoms with Crippen molar-refractivity contribution < 1.29 is 18.0 Å². The predicted molar refractivity (Wildman–Crippen MR) is 107 cm³/mol. The van der Waals surface area contributed by atoms with Crippen LogP contribution in [0.1, 0.15) is 38.7 Å². The molecule has 0 radical (unpaired) electrons. The maximum atomic E-state index is 14.0. The van der Waals surface area contributed by atoms with Crippen LogP contribution in [-0.4, -0.2) is 60.6 Å². The zero-order chi connectivity index (χ0) is 21.1. The molecule has 2 aliphatic rings. The molecular formula is C22H32F3N3O. The summed E-state index contributed by atoms with van der Waals surface area (Å²) >= 11 is 0. The summed E-state index contributed by atoms with van der Waals surface area (Å²) < 4.78 is 42.1. The number of carbonyl (C=O) groups is 1. The van der Waals surface area contributed by atoms with Gasteiger partial charge in [-0.05, 0) is 37.3 Å². The summed E-state index contributed by atoms with van der Waals surface area (Å²) in [6.07, 6.45) is -3.32. The molecule has 1 amide bonds. The molecule has 1 unspecified atom stereocenters. The van der Waals surface area contributed by atoms with E-state index in [2.05, 4.69) is 24.1 Å². The molecule has 0 aliphatic carbocycles. The number of piperidine rings is 1. The van der Waals surface area contributed by atoms with Crippen LogP contribution in [0.15, 0.2) is 30.3 Å². The molecule has 2 fully saturated rings. The van der Waals surface area contributed by atoms with Crippen molar-refractivity contribution in [2.24, 2.45) is 11.3 Å². The molecule has 7 heteroatoms. The number of likely N-dealkylation sites (tertiary alicyclic amines) is 2. The Hall–Kier alpha value is -1.60. The van der Waals surface area contributed by atoms with Gasteiger partial charge in [-0.25, -0.2) is 0 Å². The molecule has 2 saturated heterocycles. The summed E-state index contributed by atoms with van der Waals surface area (Å²) in [6.45, 7) is 7.37.